The van der Waals surface area contributed by atoms with Crippen molar-refractivity contribution in [1.82, 2.24) is 10.2 Å². The second-order valence-corrected chi connectivity index (χ2v) is 6.91. The van der Waals surface area contributed by atoms with Crippen LogP contribution in [0.3, 0.4) is 0 Å². The number of halogens is 2. The average molecular weight is 406 g/mol. The van der Waals surface area contributed by atoms with Crippen LogP contribution in [-0.4, -0.2) is 43.6 Å². The molecule has 1 fully saturated rings. The van der Waals surface area contributed by atoms with Gasteiger partial charge in [-0.2, -0.15) is 0 Å². The van der Waals surface area contributed by atoms with E-state index in [9.17, 15) is 4.79 Å². The summed E-state index contributed by atoms with van der Waals surface area (Å²) in [6, 6.07) is 6.08. The molecule has 1 aromatic carbocycles. The minimum Gasteiger partial charge on any atom is -0.494 e. The van der Waals surface area contributed by atoms with Gasteiger partial charge >= 0.3 is 0 Å². The maximum atomic E-state index is 12.6. The van der Waals surface area contributed by atoms with Crippen LogP contribution in [0, 0.1) is 0 Å². The van der Waals surface area contributed by atoms with Gasteiger partial charge in [0.25, 0.3) is 5.91 Å². The Labute approximate surface area is 164 Å². The number of ether oxygens (including phenoxy) is 1. The van der Waals surface area contributed by atoms with Crippen LogP contribution in [0.1, 0.15) is 29.4 Å². The molecule has 5 nitrogen and oxygen atoms in total. The van der Waals surface area contributed by atoms with Gasteiger partial charge in [-0.3, -0.25) is 9.69 Å². The summed E-state index contributed by atoms with van der Waals surface area (Å²) in [6.45, 7) is 5.01. The number of benzene rings is 1. The number of thiophene rings is 1. The molecule has 1 aliphatic rings. The van der Waals surface area contributed by atoms with Crippen LogP contribution in [0.4, 0.5) is 5.69 Å². The van der Waals surface area contributed by atoms with Gasteiger partial charge in [0.15, 0.2) is 0 Å². The van der Waals surface area contributed by atoms with E-state index in [1.807, 2.05) is 18.2 Å². The molecule has 0 spiro atoms. The van der Waals surface area contributed by atoms with Gasteiger partial charge in [0, 0.05) is 28.4 Å². The quantitative estimate of drug-likeness (QED) is 0.746. The van der Waals surface area contributed by atoms with Gasteiger partial charge in [0.1, 0.15) is 10.6 Å². The molecule has 2 heterocycles. The Bertz CT molecular complexity index is 723. The first-order valence-corrected chi connectivity index (χ1v) is 8.84. The summed E-state index contributed by atoms with van der Waals surface area (Å²) in [5.74, 6) is 0.554. The predicted molar refractivity (Wildman–Crippen MR) is 110 cm³/mol. The first-order valence-electron chi connectivity index (χ1n) is 8.02. The predicted octanol–water partition coefficient (Wildman–Crippen LogP) is 3.55. The number of likely N-dealkylation sites (N-methyl/N-ethyl adjacent to an activating group) is 1. The van der Waals surface area contributed by atoms with Crippen molar-refractivity contribution in [3.8, 4) is 5.75 Å². The van der Waals surface area contributed by atoms with E-state index in [4.69, 9.17) is 10.5 Å². The SMILES string of the molecule is CCN1CCCC1CNC(=O)c1sc2ccc(N)cc2c1OC.Cl.Cl. The number of rotatable bonds is 5. The summed E-state index contributed by atoms with van der Waals surface area (Å²) in [5, 5.41) is 3.98. The Balaban J connectivity index is 0.00000156. The zero-order valence-electron chi connectivity index (χ0n) is 14.4. The topological polar surface area (TPSA) is 67.6 Å². The molecule has 25 heavy (non-hydrogen) atoms. The third-order valence-electron chi connectivity index (χ3n) is 4.48. The minimum atomic E-state index is -0.0652. The fourth-order valence-corrected chi connectivity index (χ4v) is 4.35. The van der Waals surface area contributed by atoms with Gasteiger partial charge in [-0.05, 0) is 44.1 Å². The number of anilines is 1. The summed E-state index contributed by atoms with van der Waals surface area (Å²) < 4.78 is 6.48. The van der Waals surface area contributed by atoms with Crippen LogP contribution in [0.2, 0.25) is 0 Å². The number of carbonyl (C=O) groups is 1. The van der Waals surface area contributed by atoms with Gasteiger partial charge in [0.05, 0.1) is 7.11 Å². The minimum absolute atomic E-state index is 0. The number of carbonyl (C=O) groups excluding carboxylic acids is 1. The Kier molecular flexibility index (Phi) is 8.28. The zero-order chi connectivity index (χ0) is 16.4. The van der Waals surface area contributed by atoms with E-state index in [0.717, 1.165) is 29.6 Å². The maximum Gasteiger partial charge on any atom is 0.265 e. The van der Waals surface area contributed by atoms with Crippen molar-refractivity contribution in [2.75, 3.05) is 32.5 Å². The van der Waals surface area contributed by atoms with Crippen molar-refractivity contribution in [3.63, 3.8) is 0 Å². The molecule has 1 unspecified atom stereocenters. The number of nitrogens with one attached hydrogen (secondary N) is 1. The highest BCUT2D eigenvalue weighted by molar-refractivity contribution is 7.21. The van der Waals surface area contributed by atoms with Crippen LogP contribution < -0.4 is 15.8 Å². The first-order chi connectivity index (χ1) is 11.1. The second-order valence-electron chi connectivity index (χ2n) is 5.85. The van der Waals surface area contributed by atoms with Crippen molar-refractivity contribution in [2.24, 2.45) is 0 Å². The molecule has 140 valence electrons. The molecule has 8 heteroatoms. The van der Waals surface area contributed by atoms with E-state index in [-0.39, 0.29) is 30.7 Å². The average Bonchev–Trinajstić information content (AvgIpc) is 3.15. The fourth-order valence-electron chi connectivity index (χ4n) is 3.28. The van der Waals surface area contributed by atoms with Crippen molar-refractivity contribution in [3.05, 3.63) is 23.1 Å². The van der Waals surface area contributed by atoms with Gasteiger partial charge in [-0.1, -0.05) is 6.92 Å². The van der Waals surface area contributed by atoms with Crippen LogP contribution in [0.5, 0.6) is 5.75 Å². The van der Waals surface area contributed by atoms with E-state index >= 15 is 0 Å². The van der Waals surface area contributed by atoms with Gasteiger partial charge < -0.3 is 15.8 Å². The van der Waals surface area contributed by atoms with Crippen molar-refractivity contribution >= 4 is 57.8 Å². The number of likely N-dealkylation sites (tertiary alicyclic amines) is 1. The zero-order valence-corrected chi connectivity index (χ0v) is 16.9. The largest absolute Gasteiger partial charge is 0.494 e. The summed E-state index contributed by atoms with van der Waals surface area (Å²) in [5.41, 5.74) is 6.52. The number of hydrogen-bond acceptors (Lipinski definition) is 5. The Hall–Kier alpha value is -1.21. The second kappa shape index (κ2) is 9.48. The lowest BCUT2D eigenvalue weighted by molar-refractivity contribution is 0.0943. The molecule has 1 saturated heterocycles. The van der Waals surface area contributed by atoms with Crippen LogP contribution >= 0.6 is 36.2 Å². The number of fused-ring (bicyclic) bond motifs is 1. The number of nitrogens with two attached hydrogens (primary N) is 1. The van der Waals surface area contributed by atoms with Gasteiger partial charge in [0.2, 0.25) is 0 Å². The molecule has 0 aliphatic carbocycles. The Morgan fingerprint density at radius 1 is 1.44 bits per heavy atom. The molecular formula is C17H25Cl2N3O2S. The Morgan fingerprint density at radius 3 is 2.88 bits per heavy atom. The lowest BCUT2D eigenvalue weighted by atomic mass is 10.2. The number of methoxy groups -OCH3 is 1. The van der Waals surface area contributed by atoms with Crippen molar-refractivity contribution in [1.29, 1.82) is 0 Å². The Morgan fingerprint density at radius 2 is 2.20 bits per heavy atom. The summed E-state index contributed by atoms with van der Waals surface area (Å²) >= 11 is 1.45. The van der Waals surface area contributed by atoms with Crippen molar-refractivity contribution < 1.29 is 9.53 Å². The molecule has 3 rings (SSSR count). The first kappa shape index (κ1) is 21.8. The molecule has 1 atom stereocenters. The standard InChI is InChI=1S/C17H23N3O2S.2ClH/c1-3-20-8-4-5-12(20)10-19-17(21)16-15(22-2)13-9-11(18)6-7-14(13)23-16;;/h6-7,9,12H,3-5,8,10,18H2,1-2H3,(H,19,21);2*1H. The summed E-state index contributed by atoms with van der Waals surface area (Å²) in [7, 11) is 1.59. The van der Waals surface area contributed by atoms with Crippen LogP contribution in [0.25, 0.3) is 10.1 Å². The molecule has 1 aromatic heterocycles. The molecule has 0 radical (unpaired) electrons. The summed E-state index contributed by atoms with van der Waals surface area (Å²) in [6.07, 6.45) is 2.36. The fraction of sp³-hybridized carbons (Fsp3) is 0.471. The molecule has 3 N–H and O–H groups in total. The molecule has 0 bridgehead atoms. The molecule has 1 amide bonds. The number of hydrogen-bond donors (Lipinski definition) is 2. The monoisotopic (exact) mass is 405 g/mol. The smallest absolute Gasteiger partial charge is 0.265 e. The lowest BCUT2D eigenvalue weighted by Crippen LogP contribution is -2.39. The van der Waals surface area contributed by atoms with Crippen LogP contribution in [0.15, 0.2) is 18.2 Å². The lowest BCUT2D eigenvalue weighted by Gasteiger charge is -2.22. The number of nitrogen functional groups attached to an aromatic ring is 1. The highest BCUT2D eigenvalue weighted by Gasteiger charge is 2.25. The molecule has 1 aliphatic heterocycles. The van der Waals surface area contributed by atoms with E-state index in [0.29, 0.717) is 28.9 Å². The normalized spacial score (nSPS) is 17.0. The van der Waals surface area contributed by atoms with E-state index in [1.165, 1.54) is 17.8 Å². The van der Waals surface area contributed by atoms with Gasteiger partial charge in [-0.15, -0.1) is 36.2 Å². The van der Waals surface area contributed by atoms with E-state index < -0.39 is 0 Å². The molecule has 2 aromatic rings. The third kappa shape index (κ3) is 4.50. The number of amides is 1. The molecular weight excluding hydrogens is 381 g/mol. The summed E-state index contributed by atoms with van der Waals surface area (Å²) in [4.78, 5) is 15.6. The highest BCUT2D eigenvalue weighted by atomic mass is 35.5. The van der Waals surface area contributed by atoms with E-state index in [1.54, 1.807) is 7.11 Å². The highest BCUT2D eigenvalue weighted by Crippen LogP contribution is 2.38. The van der Waals surface area contributed by atoms with Crippen LogP contribution in [-0.2, 0) is 0 Å². The van der Waals surface area contributed by atoms with E-state index in [2.05, 4.69) is 17.1 Å². The number of nitrogens with zero attached hydrogens (tertiary/aromatic N) is 1. The maximum absolute atomic E-state index is 12.6. The third-order valence-corrected chi connectivity index (χ3v) is 5.63. The molecule has 0 saturated carbocycles. The van der Waals surface area contributed by atoms with Crippen molar-refractivity contribution in [2.45, 2.75) is 25.8 Å². The van der Waals surface area contributed by atoms with Gasteiger partial charge in [-0.25, -0.2) is 0 Å².